The van der Waals surface area contributed by atoms with Crippen LogP contribution < -0.4 is 4.74 Å². The smallest absolute Gasteiger partial charge is 0.228 e. The SMILES string of the molecule is Cc1ccc(OCc2nc(CC(=O)N3CCC(C(=O)N4CCCCC4)CC3)cs2)cc1. The Morgan fingerprint density at radius 3 is 2.45 bits per heavy atom. The van der Waals surface area contributed by atoms with Gasteiger partial charge in [0, 0.05) is 37.5 Å². The van der Waals surface area contributed by atoms with E-state index < -0.39 is 0 Å². The van der Waals surface area contributed by atoms with Gasteiger partial charge >= 0.3 is 0 Å². The number of likely N-dealkylation sites (tertiary alicyclic amines) is 2. The largest absolute Gasteiger partial charge is 0.486 e. The highest BCUT2D eigenvalue weighted by molar-refractivity contribution is 7.09. The number of carbonyl (C=O) groups excluding carboxylic acids is 2. The van der Waals surface area contributed by atoms with Crippen LogP contribution in [0.5, 0.6) is 5.75 Å². The van der Waals surface area contributed by atoms with Crippen molar-refractivity contribution in [2.75, 3.05) is 26.2 Å². The second-order valence-corrected chi connectivity index (χ2v) is 9.49. The van der Waals surface area contributed by atoms with E-state index in [1.54, 1.807) is 0 Å². The van der Waals surface area contributed by atoms with Crippen LogP contribution in [-0.4, -0.2) is 52.8 Å². The lowest BCUT2D eigenvalue weighted by Gasteiger charge is -2.35. The minimum absolute atomic E-state index is 0.0759. The first-order valence-electron chi connectivity index (χ1n) is 11.3. The lowest BCUT2D eigenvalue weighted by Crippen LogP contribution is -2.46. The van der Waals surface area contributed by atoms with E-state index >= 15 is 0 Å². The summed E-state index contributed by atoms with van der Waals surface area (Å²) < 4.78 is 5.78. The first-order valence-corrected chi connectivity index (χ1v) is 12.2. The molecule has 0 bridgehead atoms. The Labute approximate surface area is 188 Å². The lowest BCUT2D eigenvalue weighted by molar-refractivity contribution is -0.141. The van der Waals surface area contributed by atoms with Crippen LogP contribution in [0.15, 0.2) is 29.6 Å². The Bertz CT molecular complexity index is 882. The standard InChI is InChI=1S/C24H31N3O3S/c1-18-5-7-21(8-6-18)30-16-22-25-20(17-31-22)15-23(28)26-13-9-19(10-14-26)24(29)27-11-3-2-4-12-27/h5-8,17,19H,2-4,9-16H2,1H3. The van der Waals surface area contributed by atoms with Gasteiger partial charge in [-0.3, -0.25) is 9.59 Å². The van der Waals surface area contributed by atoms with Gasteiger partial charge in [0.1, 0.15) is 17.4 Å². The lowest BCUT2D eigenvalue weighted by atomic mass is 9.94. The molecule has 2 aliphatic rings. The Balaban J connectivity index is 1.22. The number of aryl methyl sites for hydroxylation is 1. The van der Waals surface area contributed by atoms with Gasteiger partial charge in [-0.1, -0.05) is 17.7 Å². The number of rotatable bonds is 6. The fourth-order valence-electron chi connectivity index (χ4n) is 4.29. The second kappa shape index (κ2) is 10.3. The monoisotopic (exact) mass is 441 g/mol. The van der Waals surface area contributed by atoms with E-state index in [1.165, 1.54) is 23.3 Å². The van der Waals surface area contributed by atoms with Crippen molar-refractivity contribution in [3.8, 4) is 5.75 Å². The zero-order valence-corrected chi connectivity index (χ0v) is 19.0. The maximum absolute atomic E-state index is 12.7. The number of nitrogens with zero attached hydrogens (tertiary/aromatic N) is 3. The quantitative estimate of drug-likeness (QED) is 0.684. The fraction of sp³-hybridized carbons (Fsp3) is 0.542. The third-order valence-electron chi connectivity index (χ3n) is 6.18. The Morgan fingerprint density at radius 1 is 1.03 bits per heavy atom. The van der Waals surface area contributed by atoms with E-state index in [-0.39, 0.29) is 11.8 Å². The van der Waals surface area contributed by atoms with Crippen LogP contribution in [0.1, 0.15) is 48.4 Å². The van der Waals surface area contributed by atoms with E-state index in [1.807, 2.05) is 46.4 Å². The first kappa shape index (κ1) is 21.8. The number of amides is 2. The number of aromatic nitrogens is 1. The Morgan fingerprint density at radius 2 is 1.74 bits per heavy atom. The summed E-state index contributed by atoms with van der Waals surface area (Å²) in [4.78, 5) is 33.9. The minimum Gasteiger partial charge on any atom is -0.486 e. The summed E-state index contributed by atoms with van der Waals surface area (Å²) >= 11 is 1.52. The van der Waals surface area contributed by atoms with Crippen LogP contribution >= 0.6 is 11.3 Å². The van der Waals surface area contributed by atoms with Crippen LogP contribution in [-0.2, 0) is 22.6 Å². The van der Waals surface area contributed by atoms with Crippen molar-refractivity contribution in [2.24, 2.45) is 5.92 Å². The zero-order chi connectivity index (χ0) is 21.6. The number of carbonyl (C=O) groups is 2. The number of piperidine rings is 2. The van der Waals surface area contributed by atoms with Crippen molar-refractivity contribution in [1.29, 1.82) is 0 Å². The van der Waals surface area contributed by atoms with Crippen molar-refractivity contribution in [3.05, 3.63) is 45.9 Å². The summed E-state index contributed by atoms with van der Waals surface area (Å²) in [6, 6.07) is 7.94. The average molecular weight is 442 g/mol. The molecule has 0 saturated carbocycles. The molecular weight excluding hydrogens is 410 g/mol. The van der Waals surface area contributed by atoms with Crippen molar-refractivity contribution >= 4 is 23.2 Å². The highest BCUT2D eigenvalue weighted by Crippen LogP contribution is 2.23. The summed E-state index contributed by atoms with van der Waals surface area (Å²) in [7, 11) is 0. The highest BCUT2D eigenvalue weighted by atomic mass is 32.1. The number of hydrogen-bond acceptors (Lipinski definition) is 5. The molecule has 1 aromatic heterocycles. The predicted molar refractivity (Wildman–Crippen MR) is 121 cm³/mol. The molecule has 166 valence electrons. The molecule has 4 rings (SSSR count). The molecule has 0 aliphatic carbocycles. The molecular formula is C24H31N3O3S. The van der Waals surface area contributed by atoms with Gasteiger partial charge in [0.05, 0.1) is 12.1 Å². The molecule has 2 fully saturated rings. The van der Waals surface area contributed by atoms with Gasteiger partial charge in [-0.2, -0.15) is 0 Å². The normalized spacial score (nSPS) is 17.6. The molecule has 0 atom stereocenters. The summed E-state index contributed by atoms with van der Waals surface area (Å²) in [5.74, 6) is 1.29. The van der Waals surface area contributed by atoms with Crippen LogP contribution in [0.4, 0.5) is 0 Å². The summed E-state index contributed by atoms with van der Waals surface area (Å²) in [5, 5.41) is 2.81. The molecule has 0 spiro atoms. The molecule has 0 N–H and O–H groups in total. The number of benzene rings is 1. The maximum Gasteiger partial charge on any atom is 0.228 e. The minimum atomic E-state index is 0.0759. The number of thiazole rings is 1. The van der Waals surface area contributed by atoms with Gasteiger partial charge in [-0.05, 0) is 51.2 Å². The van der Waals surface area contributed by atoms with Gasteiger partial charge in [0.25, 0.3) is 0 Å². The van der Waals surface area contributed by atoms with Gasteiger partial charge in [0.2, 0.25) is 11.8 Å². The number of hydrogen-bond donors (Lipinski definition) is 0. The summed E-state index contributed by atoms with van der Waals surface area (Å²) in [6.07, 6.45) is 5.32. The van der Waals surface area contributed by atoms with Gasteiger partial charge < -0.3 is 14.5 Å². The Kier molecular flexibility index (Phi) is 7.22. The zero-order valence-electron chi connectivity index (χ0n) is 18.2. The van der Waals surface area contributed by atoms with Crippen LogP contribution in [0.25, 0.3) is 0 Å². The summed E-state index contributed by atoms with van der Waals surface area (Å²) in [5.41, 5.74) is 1.99. The molecule has 6 nitrogen and oxygen atoms in total. The Hall–Kier alpha value is -2.41. The summed E-state index contributed by atoms with van der Waals surface area (Å²) in [6.45, 7) is 5.58. The maximum atomic E-state index is 12.7. The van der Waals surface area contributed by atoms with Crippen LogP contribution in [0.3, 0.4) is 0 Å². The molecule has 7 heteroatoms. The van der Waals surface area contributed by atoms with Gasteiger partial charge in [-0.25, -0.2) is 4.98 Å². The van der Waals surface area contributed by atoms with Crippen molar-refractivity contribution in [2.45, 2.75) is 52.1 Å². The second-order valence-electron chi connectivity index (χ2n) is 8.55. The topological polar surface area (TPSA) is 62.7 Å². The molecule has 2 saturated heterocycles. The van der Waals surface area contributed by atoms with E-state index in [9.17, 15) is 9.59 Å². The molecule has 2 aliphatic heterocycles. The third kappa shape index (κ3) is 5.85. The van der Waals surface area contributed by atoms with E-state index in [4.69, 9.17) is 4.74 Å². The van der Waals surface area contributed by atoms with E-state index in [0.29, 0.717) is 32.0 Å². The van der Waals surface area contributed by atoms with Crippen molar-refractivity contribution < 1.29 is 14.3 Å². The van der Waals surface area contributed by atoms with Crippen LogP contribution in [0.2, 0.25) is 0 Å². The van der Waals surface area contributed by atoms with Crippen molar-refractivity contribution in [3.63, 3.8) is 0 Å². The van der Waals surface area contributed by atoms with Gasteiger partial charge in [-0.15, -0.1) is 11.3 Å². The molecule has 0 radical (unpaired) electrons. The van der Waals surface area contributed by atoms with Gasteiger partial charge in [0.15, 0.2) is 0 Å². The average Bonchev–Trinajstić information content (AvgIpc) is 3.26. The van der Waals surface area contributed by atoms with E-state index in [0.717, 1.165) is 55.2 Å². The highest BCUT2D eigenvalue weighted by Gasteiger charge is 2.30. The first-order chi connectivity index (χ1) is 15.1. The molecule has 0 unspecified atom stereocenters. The van der Waals surface area contributed by atoms with Crippen LogP contribution in [0, 0.1) is 12.8 Å². The number of ether oxygens (including phenoxy) is 1. The third-order valence-corrected chi connectivity index (χ3v) is 7.05. The predicted octanol–water partition coefficient (Wildman–Crippen LogP) is 3.82. The molecule has 1 aromatic carbocycles. The molecule has 3 heterocycles. The molecule has 2 amide bonds. The van der Waals surface area contributed by atoms with E-state index in [2.05, 4.69) is 4.98 Å². The van der Waals surface area contributed by atoms with Crippen molar-refractivity contribution in [1.82, 2.24) is 14.8 Å². The molecule has 31 heavy (non-hydrogen) atoms. The fourth-order valence-corrected chi connectivity index (χ4v) is 5.00. The molecule has 2 aromatic rings.